The summed E-state index contributed by atoms with van der Waals surface area (Å²) in [6.45, 7) is 2.99. The maximum absolute atomic E-state index is 13.8. The molecule has 38 heavy (non-hydrogen) atoms. The van der Waals surface area contributed by atoms with Crippen LogP contribution in [0, 0.1) is 0 Å². The van der Waals surface area contributed by atoms with Crippen LogP contribution in [0.3, 0.4) is 0 Å². The van der Waals surface area contributed by atoms with E-state index in [1.807, 2.05) is 31.2 Å². The van der Waals surface area contributed by atoms with Gasteiger partial charge >= 0.3 is 6.03 Å². The van der Waals surface area contributed by atoms with Gasteiger partial charge in [-0.2, -0.15) is 5.10 Å². The van der Waals surface area contributed by atoms with Crippen LogP contribution in [0.5, 0.6) is 0 Å². The van der Waals surface area contributed by atoms with Crippen molar-refractivity contribution in [2.24, 2.45) is 0 Å². The first-order chi connectivity index (χ1) is 18.3. The Kier molecular flexibility index (Phi) is 7.35. The number of aromatic nitrogens is 2. The number of aliphatic hydroxyl groups excluding tert-OH is 1. The van der Waals surface area contributed by atoms with Gasteiger partial charge < -0.3 is 25.1 Å². The maximum atomic E-state index is 13.8. The minimum absolute atomic E-state index is 0.155. The molecule has 3 aromatic rings. The number of nitrogens with zero attached hydrogens (tertiary/aromatic N) is 5. The molecule has 0 aliphatic carbocycles. The molecule has 1 aromatic heterocycles. The van der Waals surface area contributed by atoms with Gasteiger partial charge in [-0.25, -0.2) is 9.48 Å². The predicted octanol–water partition coefficient (Wildman–Crippen LogP) is 2.68. The number of carbonyl (C=O) groups is 3. The van der Waals surface area contributed by atoms with Crippen LogP contribution < -0.4 is 10.2 Å². The smallest absolute Gasteiger partial charge is 0.318 e. The number of likely N-dealkylation sites (tertiary alicyclic amines) is 1. The van der Waals surface area contributed by atoms with Gasteiger partial charge in [0.05, 0.1) is 28.9 Å². The first kappa shape index (κ1) is 25.7. The van der Waals surface area contributed by atoms with Crippen LogP contribution in [0.4, 0.5) is 10.5 Å². The molecule has 3 heterocycles. The van der Waals surface area contributed by atoms with Gasteiger partial charge in [-0.3, -0.25) is 9.59 Å². The second kappa shape index (κ2) is 10.8. The van der Waals surface area contributed by atoms with Gasteiger partial charge in [-0.05, 0) is 49.2 Å². The summed E-state index contributed by atoms with van der Waals surface area (Å²) in [4.78, 5) is 44.2. The van der Waals surface area contributed by atoms with Crippen molar-refractivity contribution in [2.75, 3.05) is 31.1 Å². The number of rotatable bonds is 4. The SMILES string of the molecule is C[C@@H]1CN(C(=O)c2ccc(-n3cccn3)cc2Cl)c2ccccc2CN1C(=O)NCC(=O)N1CC[C@@H](O)C1. The summed E-state index contributed by atoms with van der Waals surface area (Å²) < 4.78 is 1.66. The third kappa shape index (κ3) is 5.23. The quantitative estimate of drug-likeness (QED) is 0.532. The molecule has 0 bridgehead atoms. The maximum Gasteiger partial charge on any atom is 0.318 e. The zero-order valence-electron chi connectivity index (χ0n) is 21.0. The van der Waals surface area contributed by atoms with E-state index in [0.29, 0.717) is 29.2 Å². The number of β-amino-alcohol motifs (C(OH)–C–C–N with tert-alkyl or cyclic N) is 1. The van der Waals surface area contributed by atoms with Crippen LogP contribution in [0.2, 0.25) is 5.02 Å². The molecule has 0 unspecified atom stereocenters. The first-order valence-corrected chi connectivity index (χ1v) is 12.9. The van der Waals surface area contributed by atoms with Crippen molar-refractivity contribution < 1.29 is 19.5 Å². The lowest BCUT2D eigenvalue weighted by Gasteiger charge is -2.29. The molecule has 2 aliphatic heterocycles. The van der Waals surface area contributed by atoms with Crippen LogP contribution >= 0.6 is 11.6 Å². The van der Waals surface area contributed by atoms with E-state index < -0.39 is 12.1 Å². The van der Waals surface area contributed by atoms with Gasteiger partial charge in [-0.15, -0.1) is 0 Å². The third-order valence-corrected chi connectivity index (χ3v) is 7.28. The Morgan fingerprint density at radius 1 is 1.13 bits per heavy atom. The third-order valence-electron chi connectivity index (χ3n) is 6.97. The molecular weight excluding hydrogens is 508 g/mol. The zero-order chi connectivity index (χ0) is 26.8. The van der Waals surface area contributed by atoms with Gasteiger partial charge in [0, 0.05) is 50.3 Å². The monoisotopic (exact) mass is 536 g/mol. The number of hydrogen-bond donors (Lipinski definition) is 2. The molecule has 5 rings (SSSR count). The normalized spacial score (nSPS) is 19.2. The fraction of sp³-hybridized carbons (Fsp3) is 0.333. The number of halogens is 1. The molecule has 1 saturated heterocycles. The summed E-state index contributed by atoms with van der Waals surface area (Å²) >= 11 is 6.56. The summed E-state index contributed by atoms with van der Waals surface area (Å²) in [6, 6.07) is 13.7. The second-order valence-corrected chi connectivity index (χ2v) is 9.98. The van der Waals surface area contributed by atoms with Crippen LogP contribution in [-0.4, -0.2) is 80.9 Å². The molecule has 11 heteroatoms. The highest BCUT2D eigenvalue weighted by molar-refractivity contribution is 6.34. The number of para-hydroxylation sites is 1. The molecule has 198 valence electrons. The van der Waals surface area contributed by atoms with Crippen molar-refractivity contribution >= 4 is 35.1 Å². The highest BCUT2D eigenvalue weighted by Crippen LogP contribution is 2.30. The van der Waals surface area contributed by atoms with E-state index in [9.17, 15) is 19.5 Å². The number of carbonyl (C=O) groups excluding carboxylic acids is 3. The summed E-state index contributed by atoms with van der Waals surface area (Å²) in [5, 5.41) is 16.9. The number of benzene rings is 2. The molecule has 2 aliphatic rings. The number of hydrogen-bond acceptors (Lipinski definition) is 5. The standard InChI is InChI=1S/C27H29ClN6O4/c1-18-15-33(26(37)22-8-7-20(13-23(22)28)34-11-4-10-30-34)24-6-3-2-5-19(24)16-32(18)27(38)29-14-25(36)31-12-9-21(35)17-31/h2-8,10-11,13,18,21,35H,9,12,14-17H2,1H3,(H,29,38)/t18-,21-/m1/s1. The molecule has 2 atom stereocenters. The van der Waals surface area contributed by atoms with E-state index >= 15 is 0 Å². The van der Waals surface area contributed by atoms with E-state index in [1.165, 1.54) is 0 Å². The Morgan fingerprint density at radius 2 is 1.95 bits per heavy atom. The summed E-state index contributed by atoms with van der Waals surface area (Å²) in [6.07, 6.45) is 3.48. The molecule has 4 amide bonds. The Morgan fingerprint density at radius 3 is 2.66 bits per heavy atom. The zero-order valence-corrected chi connectivity index (χ0v) is 21.7. The highest BCUT2D eigenvalue weighted by Gasteiger charge is 2.33. The summed E-state index contributed by atoms with van der Waals surface area (Å²) in [7, 11) is 0. The van der Waals surface area contributed by atoms with Gasteiger partial charge in [0.1, 0.15) is 0 Å². The lowest BCUT2D eigenvalue weighted by atomic mass is 10.1. The van der Waals surface area contributed by atoms with Crippen molar-refractivity contribution in [3.8, 4) is 5.69 Å². The van der Waals surface area contributed by atoms with Gasteiger partial charge in [0.25, 0.3) is 5.91 Å². The lowest BCUT2D eigenvalue weighted by molar-refractivity contribution is -0.129. The molecule has 0 radical (unpaired) electrons. The van der Waals surface area contributed by atoms with Crippen molar-refractivity contribution in [3.63, 3.8) is 0 Å². The minimum atomic E-state index is -0.518. The van der Waals surface area contributed by atoms with Crippen LogP contribution in [0.1, 0.15) is 29.3 Å². The molecule has 10 nitrogen and oxygen atoms in total. The van der Waals surface area contributed by atoms with Gasteiger partial charge in [-0.1, -0.05) is 29.8 Å². The fourth-order valence-corrected chi connectivity index (χ4v) is 5.15. The molecule has 2 aromatic carbocycles. The first-order valence-electron chi connectivity index (χ1n) is 12.5. The highest BCUT2D eigenvalue weighted by atomic mass is 35.5. The Hall–Kier alpha value is -3.89. The summed E-state index contributed by atoms with van der Waals surface area (Å²) in [5.74, 6) is -0.505. The molecule has 1 fully saturated rings. The number of urea groups is 1. The van der Waals surface area contributed by atoms with Crippen molar-refractivity contribution in [1.29, 1.82) is 0 Å². The predicted molar refractivity (Wildman–Crippen MR) is 142 cm³/mol. The van der Waals surface area contributed by atoms with E-state index in [0.717, 1.165) is 11.3 Å². The fourth-order valence-electron chi connectivity index (χ4n) is 4.89. The van der Waals surface area contributed by atoms with Crippen molar-refractivity contribution in [2.45, 2.75) is 32.0 Å². The van der Waals surface area contributed by atoms with Crippen LogP contribution in [0.15, 0.2) is 60.9 Å². The molecular formula is C27H29ClN6O4. The number of anilines is 1. The van der Waals surface area contributed by atoms with Gasteiger partial charge in [0.15, 0.2) is 0 Å². The largest absolute Gasteiger partial charge is 0.391 e. The van der Waals surface area contributed by atoms with E-state index in [1.54, 1.807) is 56.0 Å². The van der Waals surface area contributed by atoms with Gasteiger partial charge in [0.2, 0.25) is 5.91 Å². The Bertz CT molecular complexity index is 1350. The topological polar surface area (TPSA) is 111 Å². The Labute approximate surface area is 225 Å². The average Bonchev–Trinajstić information content (AvgIpc) is 3.58. The van der Waals surface area contributed by atoms with Crippen molar-refractivity contribution in [1.82, 2.24) is 24.9 Å². The number of fused-ring (bicyclic) bond motifs is 1. The van der Waals surface area contributed by atoms with E-state index in [4.69, 9.17) is 11.6 Å². The van der Waals surface area contributed by atoms with Crippen LogP contribution in [0.25, 0.3) is 5.69 Å². The number of aliphatic hydroxyl groups is 1. The minimum Gasteiger partial charge on any atom is -0.391 e. The van der Waals surface area contributed by atoms with E-state index in [-0.39, 0.29) is 44.0 Å². The lowest BCUT2D eigenvalue weighted by Crippen LogP contribution is -2.50. The Balaban J connectivity index is 1.34. The number of amides is 4. The average molecular weight is 537 g/mol. The number of nitrogens with one attached hydrogen (secondary N) is 1. The van der Waals surface area contributed by atoms with E-state index in [2.05, 4.69) is 10.4 Å². The second-order valence-electron chi connectivity index (χ2n) is 9.58. The van der Waals surface area contributed by atoms with Crippen molar-refractivity contribution in [3.05, 3.63) is 77.1 Å². The molecule has 0 saturated carbocycles. The van der Waals surface area contributed by atoms with Crippen LogP contribution in [-0.2, 0) is 11.3 Å². The molecule has 0 spiro atoms. The molecule has 2 N–H and O–H groups in total. The summed E-state index contributed by atoms with van der Waals surface area (Å²) in [5.41, 5.74) is 2.59.